The summed E-state index contributed by atoms with van der Waals surface area (Å²) in [6, 6.07) is 2.92. The lowest BCUT2D eigenvalue weighted by atomic mass is 9.90. The second-order valence-corrected chi connectivity index (χ2v) is 6.30. The van der Waals surface area contributed by atoms with Crippen molar-refractivity contribution in [2.75, 3.05) is 34.0 Å². The molecule has 0 unspecified atom stereocenters. The van der Waals surface area contributed by atoms with Crippen molar-refractivity contribution >= 4 is 5.91 Å². The number of amides is 1. The standard InChI is InChI=1S/C17H22F2N2O5/c1-21(15(22)17(23-2)3-5-20-6-4-17)9-11-7-13-14(25-10-24-13)8-12(11)26-16(18)19/h7-8,16,20H,3-6,9-10H2,1-2H3. The summed E-state index contributed by atoms with van der Waals surface area (Å²) in [5, 5.41) is 3.19. The lowest BCUT2D eigenvalue weighted by Crippen LogP contribution is -2.54. The van der Waals surface area contributed by atoms with E-state index in [1.165, 1.54) is 18.1 Å². The molecule has 1 N–H and O–H groups in total. The summed E-state index contributed by atoms with van der Waals surface area (Å²) in [7, 11) is 3.13. The van der Waals surface area contributed by atoms with Gasteiger partial charge in [0.2, 0.25) is 6.79 Å². The summed E-state index contributed by atoms with van der Waals surface area (Å²) in [5.41, 5.74) is -0.495. The first-order valence-electron chi connectivity index (χ1n) is 8.34. The van der Waals surface area contributed by atoms with Crippen LogP contribution in [-0.4, -0.2) is 57.1 Å². The van der Waals surface area contributed by atoms with E-state index in [-0.39, 0.29) is 25.0 Å². The van der Waals surface area contributed by atoms with Gasteiger partial charge in [-0.05, 0) is 32.0 Å². The fourth-order valence-electron chi connectivity index (χ4n) is 3.31. The molecule has 0 saturated carbocycles. The Kier molecular flexibility index (Phi) is 5.47. The molecule has 2 aliphatic heterocycles. The summed E-state index contributed by atoms with van der Waals surface area (Å²) in [4.78, 5) is 14.4. The van der Waals surface area contributed by atoms with Gasteiger partial charge in [-0.25, -0.2) is 0 Å². The zero-order valence-electron chi connectivity index (χ0n) is 14.7. The maximum atomic E-state index is 13.0. The molecular weight excluding hydrogens is 350 g/mol. The zero-order chi connectivity index (χ0) is 18.7. The fraction of sp³-hybridized carbons (Fsp3) is 0.588. The van der Waals surface area contributed by atoms with Crippen LogP contribution in [0.4, 0.5) is 8.78 Å². The highest BCUT2D eigenvalue weighted by Gasteiger charge is 2.41. The van der Waals surface area contributed by atoms with Crippen molar-refractivity contribution in [3.8, 4) is 17.2 Å². The number of nitrogens with zero attached hydrogens (tertiary/aromatic N) is 1. The van der Waals surface area contributed by atoms with Gasteiger partial charge in [0.05, 0.1) is 0 Å². The monoisotopic (exact) mass is 372 g/mol. The Labute approximate surface area is 150 Å². The Morgan fingerprint density at radius 2 is 1.96 bits per heavy atom. The summed E-state index contributed by atoms with van der Waals surface area (Å²) >= 11 is 0. The van der Waals surface area contributed by atoms with Crippen molar-refractivity contribution in [2.45, 2.75) is 31.6 Å². The molecule has 1 fully saturated rings. The number of halogens is 2. The Balaban J connectivity index is 1.81. The molecular formula is C17H22F2N2O5. The Morgan fingerprint density at radius 3 is 2.58 bits per heavy atom. The van der Waals surface area contributed by atoms with Crippen molar-refractivity contribution < 1.29 is 32.5 Å². The molecule has 0 atom stereocenters. The number of rotatable bonds is 6. The number of likely N-dealkylation sites (N-methyl/N-ethyl adjacent to an activating group) is 1. The first-order valence-corrected chi connectivity index (χ1v) is 8.34. The molecule has 7 nitrogen and oxygen atoms in total. The van der Waals surface area contributed by atoms with Crippen LogP contribution in [0.3, 0.4) is 0 Å². The van der Waals surface area contributed by atoms with Crippen LogP contribution in [0.2, 0.25) is 0 Å². The minimum Gasteiger partial charge on any atom is -0.454 e. The summed E-state index contributed by atoms with van der Waals surface area (Å²) in [6.45, 7) is -1.53. The van der Waals surface area contributed by atoms with E-state index in [9.17, 15) is 13.6 Å². The minimum absolute atomic E-state index is 0.0153. The average molecular weight is 372 g/mol. The van der Waals surface area contributed by atoms with Crippen LogP contribution in [0.25, 0.3) is 0 Å². The number of alkyl halides is 2. The van der Waals surface area contributed by atoms with Crippen molar-refractivity contribution in [3.05, 3.63) is 17.7 Å². The Morgan fingerprint density at radius 1 is 1.31 bits per heavy atom. The molecule has 144 valence electrons. The van der Waals surface area contributed by atoms with Gasteiger partial charge in [0.1, 0.15) is 11.4 Å². The number of piperidine rings is 1. The number of carbonyl (C=O) groups excluding carboxylic acids is 1. The quantitative estimate of drug-likeness (QED) is 0.821. The fourth-order valence-corrected chi connectivity index (χ4v) is 3.31. The molecule has 26 heavy (non-hydrogen) atoms. The highest BCUT2D eigenvalue weighted by atomic mass is 19.3. The first-order chi connectivity index (χ1) is 12.4. The van der Waals surface area contributed by atoms with Crippen LogP contribution < -0.4 is 19.5 Å². The largest absolute Gasteiger partial charge is 0.454 e. The number of nitrogens with one attached hydrogen (secondary N) is 1. The number of carbonyl (C=O) groups is 1. The minimum atomic E-state index is -2.98. The van der Waals surface area contributed by atoms with Crippen LogP contribution in [0, 0.1) is 0 Å². The lowest BCUT2D eigenvalue weighted by molar-refractivity contribution is -0.157. The Hall–Kier alpha value is -2.13. The molecule has 3 rings (SSSR count). The lowest BCUT2D eigenvalue weighted by Gasteiger charge is -2.37. The third-order valence-electron chi connectivity index (χ3n) is 4.72. The number of hydrogen-bond donors (Lipinski definition) is 1. The van der Waals surface area contributed by atoms with Crippen molar-refractivity contribution in [1.82, 2.24) is 10.2 Å². The van der Waals surface area contributed by atoms with Gasteiger partial charge in [-0.2, -0.15) is 8.78 Å². The third kappa shape index (κ3) is 3.68. The van der Waals surface area contributed by atoms with Gasteiger partial charge < -0.3 is 29.2 Å². The van der Waals surface area contributed by atoms with Gasteiger partial charge in [-0.15, -0.1) is 0 Å². The molecule has 9 heteroatoms. The van der Waals surface area contributed by atoms with Crippen molar-refractivity contribution in [2.24, 2.45) is 0 Å². The second kappa shape index (κ2) is 7.63. The van der Waals surface area contributed by atoms with Crippen LogP contribution in [0.15, 0.2) is 12.1 Å². The molecule has 2 aliphatic rings. The highest BCUT2D eigenvalue weighted by Crippen LogP contribution is 2.39. The van der Waals surface area contributed by atoms with Gasteiger partial charge in [-0.3, -0.25) is 4.79 Å². The molecule has 0 aliphatic carbocycles. The third-order valence-corrected chi connectivity index (χ3v) is 4.72. The number of hydrogen-bond acceptors (Lipinski definition) is 6. The van der Waals surface area contributed by atoms with Gasteiger partial charge >= 0.3 is 6.61 Å². The van der Waals surface area contributed by atoms with Crippen molar-refractivity contribution in [1.29, 1.82) is 0 Å². The average Bonchev–Trinajstić information content (AvgIpc) is 3.08. The molecule has 0 aromatic heterocycles. The van der Waals surface area contributed by atoms with E-state index in [4.69, 9.17) is 14.2 Å². The number of methoxy groups -OCH3 is 1. The number of fused-ring (bicyclic) bond motifs is 1. The molecule has 1 saturated heterocycles. The van der Waals surface area contributed by atoms with Crippen LogP contribution >= 0.6 is 0 Å². The first kappa shape index (κ1) is 18.7. The van der Waals surface area contributed by atoms with E-state index in [0.717, 1.165) is 0 Å². The van der Waals surface area contributed by atoms with E-state index in [0.29, 0.717) is 43.0 Å². The van der Waals surface area contributed by atoms with E-state index >= 15 is 0 Å². The molecule has 1 aromatic rings. The second-order valence-electron chi connectivity index (χ2n) is 6.30. The molecule has 0 bridgehead atoms. The molecule has 0 spiro atoms. The van der Waals surface area contributed by atoms with Gasteiger partial charge in [0.25, 0.3) is 5.91 Å². The predicted octanol–water partition coefficient (Wildman–Crippen LogP) is 1.74. The summed E-state index contributed by atoms with van der Waals surface area (Å²) in [6.07, 6.45) is 1.10. The normalized spacial score (nSPS) is 18.0. The van der Waals surface area contributed by atoms with E-state index in [1.807, 2.05) is 0 Å². The highest BCUT2D eigenvalue weighted by molar-refractivity contribution is 5.85. The smallest absolute Gasteiger partial charge is 0.387 e. The van der Waals surface area contributed by atoms with E-state index in [2.05, 4.69) is 10.1 Å². The molecule has 1 aromatic carbocycles. The van der Waals surface area contributed by atoms with E-state index < -0.39 is 12.2 Å². The topological polar surface area (TPSA) is 69.3 Å². The number of ether oxygens (including phenoxy) is 4. The Bertz CT molecular complexity index is 665. The van der Waals surface area contributed by atoms with Crippen LogP contribution in [-0.2, 0) is 16.1 Å². The van der Waals surface area contributed by atoms with Gasteiger partial charge in [0.15, 0.2) is 11.5 Å². The van der Waals surface area contributed by atoms with Crippen LogP contribution in [0.1, 0.15) is 18.4 Å². The SMILES string of the molecule is COC1(C(=O)N(C)Cc2cc3c(cc2OC(F)F)OCO3)CCNCC1. The predicted molar refractivity (Wildman–Crippen MR) is 87.5 cm³/mol. The molecule has 2 heterocycles. The maximum absolute atomic E-state index is 13.0. The van der Waals surface area contributed by atoms with Crippen LogP contribution in [0.5, 0.6) is 17.2 Å². The summed E-state index contributed by atoms with van der Waals surface area (Å²) in [5.74, 6) is 0.540. The molecule has 0 radical (unpaired) electrons. The van der Waals surface area contributed by atoms with Gasteiger partial charge in [0, 0.05) is 32.3 Å². The van der Waals surface area contributed by atoms with Gasteiger partial charge in [-0.1, -0.05) is 0 Å². The van der Waals surface area contributed by atoms with E-state index in [1.54, 1.807) is 13.1 Å². The number of benzene rings is 1. The molecule has 1 amide bonds. The maximum Gasteiger partial charge on any atom is 0.387 e. The summed E-state index contributed by atoms with van der Waals surface area (Å²) < 4.78 is 46.1. The van der Waals surface area contributed by atoms with Crippen molar-refractivity contribution in [3.63, 3.8) is 0 Å². The zero-order valence-corrected chi connectivity index (χ0v) is 14.7.